The molecule has 9 aliphatic rings. The second-order valence-electron chi connectivity index (χ2n) is 17.3. The second kappa shape index (κ2) is 14.9. The lowest BCUT2D eigenvalue weighted by Crippen LogP contribution is -2.61. The first-order chi connectivity index (χ1) is 22.7. The van der Waals surface area contributed by atoms with Gasteiger partial charge in [0.05, 0.1) is 49.3 Å². The van der Waals surface area contributed by atoms with Crippen molar-refractivity contribution in [3.05, 3.63) is 0 Å². The van der Waals surface area contributed by atoms with E-state index in [9.17, 15) is 0 Å². The molecule has 9 rings (SSSR count). The van der Waals surface area contributed by atoms with E-state index in [-0.39, 0.29) is 0 Å². The molecule has 4 saturated carbocycles. The molecule has 0 spiro atoms. The van der Waals surface area contributed by atoms with Gasteiger partial charge in [-0.1, -0.05) is 90.9 Å². The highest BCUT2D eigenvalue weighted by Crippen LogP contribution is 2.45. The number of rotatable bonds is 3. The Morgan fingerprint density at radius 2 is 0.435 bits per heavy atom. The van der Waals surface area contributed by atoms with Crippen molar-refractivity contribution in [1.82, 2.24) is 42.5 Å². The molecule has 0 aromatic heterocycles. The fourth-order valence-corrected chi connectivity index (χ4v) is 12.5. The number of nitrogens with one attached hydrogen (secondary N) is 8. The van der Waals surface area contributed by atoms with Crippen molar-refractivity contribution in [3.8, 4) is 0 Å². The van der Waals surface area contributed by atoms with Gasteiger partial charge in [-0.3, -0.25) is 42.5 Å². The maximum absolute atomic E-state index is 4.26. The number of fused-ring (bicyclic) bond motifs is 20. The van der Waals surface area contributed by atoms with E-state index in [1.807, 2.05) is 0 Å². The van der Waals surface area contributed by atoms with Crippen molar-refractivity contribution in [1.29, 1.82) is 0 Å². The molecule has 0 amide bonds. The van der Waals surface area contributed by atoms with Crippen LogP contribution in [-0.4, -0.2) is 49.3 Å². The Morgan fingerprint density at radius 3 is 0.565 bits per heavy atom. The first-order valence-electron chi connectivity index (χ1n) is 20.8. The van der Waals surface area contributed by atoms with Gasteiger partial charge in [0.2, 0.25) is 0 Å². The highest BCUT2D eigenvalue weighted by molar-refractivity contribution is 5.08. The predicted octanol–water partition coefficient (Wildman–Crippen LogP) is 5.19. The van der Waals surface area contributed by atoms with Gasteiger partial charge in [-0.25, -0.2) is 0 Å². The lowest BCUT2D eigenvalue weighted by atomic mass is 9.76. The van der Waals surface area contributed by atoms with Crippen molar-refractivity contribution in [2.45, 2.75) is 192 Å². The van der Waals surface area contributed by atoms with E-state index < -0.39 is 0 Å². The molecule has 5 heterocycles. The third-order valence-corrected chi connectivity index (χ3v) is 14.8. The first kappa shape index (κ1) is 32.9. The number of hydrogen-bond acceptors (Lipinski definition) is 8. The quantitative estimate of drug-likeness (QED) is 0.200. The minimum absolute atomic E-state index is 0.420. The summed E-state index contributed by atoms with van der Waals surface area (Å²) < 4.78 is 0. The summed E-state index contributed by atoms with van der Waals surface area (Å²) >= 11 is 0. The Balaban J connectivity index is 0.000000478. The minimum Gasteiger partial charge on any atom is -0.286 e. The van der Waals surface area contributed by atoms with Crippen LogP contribution >= 0.6 is 0 Å². The second-order valence-corrected chi connectivity index (χ2v) is 17.3. The third-order valence-electron chi connectivity index (χ3n) is 14.8. The van der Waals surface area contributed by atoms with Crippen LogP contribution < -0.4 is 42.5 Å². The van der Waals surface area contributed by atoms with E-state index in [0.717, 1.165) is 47.3 Å². The molecule has 8 bridgehead atoms. The van der Waals surface area contributed by atoms with Crippen LogP contribution in [0.1, 0.15) is 142 Å². The molecule has 262 valence electrons. The van der Waals surface area contributed by atoms with Crippen LogP contribution in [0.4, 0.5) is 0 Å². The van der Waals surface area contributed by atoms with Gasteiger partial charge in [-0.15, -0.1) is 0 Å². The molecular weight excluding hydrogens is 568 g/mol. The van der Waals surface area contributed by atoms with Gasteiger partial charge in [0.15, 0.2) is 0 Å². The molecule has 8 heteroatoms. The van der Waals surface area contributed by atoms with Crippen molar-refractivity contribution in [2.75, 3.05) is 0 Å². The summed E-state index contributed by atoms with van der Waals surface area (Å²) in [5.41, 5.74) is 0. The van der Waals surface area contributed by atoms with Gasteiger partial charge in [0, 0.05) is 0 Å². The summed E-state index contributed by atoms with van der Waals surface area (Å²) in [5, 5.41) is 33.8. The Hall–Kier alpha value is -0.320. The molecule has 8 nitrogen and oxygen atoms in total. The Labute approximate surface area is 281 Å². The predicted molar refractivity (Wildman–Crippen MR) is 187 cm³/mol. The zero-order valence-corrected chi connectivity index (χ0v) is 29.4. The summed E-state index contributed by atoms with van der Waals surface area (Å²) in [5.74, 6) is 5.97. The Bertz CT molecular complexity index is 768. The lowest BCUT2D eigenvalue weighted by Gasteiger charge is -2.35. The highest BCUT2D eigenvalue weighted by atomic mass is 15.4. The minimum atomic E-state index is 0.420. The topological polar surface area (TPSA) is 96.2 Å². The highest BCUT2D eigenvalue weighted by Gasteiger charge is 2.54. The van der Waals surface area contributed by atoms with Gasteiger partial charge in [0.1, 0.15) is 0 Å². The molecule has 8 atom stereocenters. The van der Waals surface area contributed by atoms with E-state index in [4.69, 9.17) is 0 Å². The van der Waals surface area contributed by atoms with E-state index in [1.165, 1.54) is 128 Å². The molecule has 0 radical (unpaired) electrons. The normalized spacial score (nSPS) is 51.3. The smallest absolute Gasteiger partial charge is 0.0628 e. The van der Waals surface area contributed by atoms with Gasteiger partial charge in [-0.05, 0) is 98.7 Å². The van der Waals surface area contributed by atoms with Crippen molar-refractivity contribution in [3.63, 3.8) is 0 Å². The average molecular weight is 639 g/mol. The number of unbranched alkanes of at least 4 members (excludes halogenated alkanes) is 3. The van der Waals surface area contributed by atoms with Gasteiger partial charge >= 0.3 is 0 Å². The van der Waals surface area contributed by atoms with E-state index in [0.29, 0.717) is 49.3 Å². The molecule has 5 saturated heterocycles. The van der Waals surface area contributed by atoms with Crippen molar-refractivity contribution >= 4 is 0 Å². The molecule has 4 aliphatic carbocycles. The van der Waals surface area contributed by atoms with Crippen LogP contribution in [-0.2, 0) is 0 Å². The molecule has 0 aromatic rings. The summed E-state index contributed by atoms with van der Waals surface area (Å²) in [6.07, 6.45) is 31.1. The van der Waals surface area contributed by atoms with Crippen molar-refractivity contribution in [2.24, 2.45) is 47.3 Å². The molecular formula is C38H70N8. The monoisotopic (exact) mass is 639 g/mol. The lowest BCUT2D eigenvalue weighted by molar-refractivity contribution is 0.167. The summed E-state index contributed by atoms with van der Waals surface area (Å²) in [7, 11) is 0. The van der Waals surface area contributed by atoms with Crippen LogP contribution in [0.2, 0.25) is 0 Å². The van der Waals surface area contributed by atoms with Gasteiger partial charge in [-0.2, -0.15) is 0 Å². The largest absolute Gasteiger partial charge is 0.286 e. The molecule has 5 aliphatic heterocycles. The van der Waals surface area contributed by atoms with Crippen molar-refractivity contribution < 1.29 is 0 Å². The summed E-state index contributed by atoms with van der Waals surface area (Å²) in [6.45, 7) is 4.46. The van der Waals surface area contributed by atoms with Gasteiger partial charge in [0.25, 0.3) is 0 Å². The fourth-order valence-electron chi connectivity index (χ4n) is 12.5. The maximum Gasteiger partial charge on any atom is 0.0628 e. The molecule has 0 aromatic carbocycles. The molecule has 46 heavy (non-hydrogen) atoms. The van der Waals surface area contributed by atoms with Crippen LogP contribution in [0.15, 0.2) is 0 Å². The van der Waals surface area contributed by atoms with E-state index in [1.54, 1.807) is 0 Å². The third kappa shape index (κ3) is 6.50. The molecule has 9 fully saturated rings. The van der Waals surface area contributed by atoms with Crippen LogP contribution in [0.5, 0.6) is 0 Å². The molecule has 8 N–H and O–H groups in total. The zero-order valence-electron chi connectivity index (χ0n) is 29.4. The van der Waals surface area contributed by atoms with E-state index in [2.05, 4.69) is 56.4 Å². The standard InChI is InChI=1S/C32H56N8.C6H14/c1-2-10-18-17(9-1)25-33-26(18)38-28-21-13-5-6-14-22(21)30(35-28)40-32-24-16-8-7-15-23(24)31(36-32)39-29-20-12-4-3-11-19(20)27(34-29)37-25;1-3-5-6-4-2/h17-40H,1-16H2;3-6H2,1-2H3. The summed E-state index contributed by atoms with van der Waals surface area (Å²) in [4.78, 5) is 0. The van der Waals surface area contributed by atoms with Crippen LogP contribution in [0.25, 0.3) is 0 Å². The maximum atomic E-state index is 4.26. The van der Waals surface area contributed by atoms with Gasteiger partial charge < -0.3 is 0 Å². The number of hydrogen-bond donors (Lipinski definition) is 8. The van der Waals surface area contributed by atoms with Crippen LogP contribution in [0, 0.1) is 47.3 Å². The van der Waals surface area contributed by atoms with Crippen LogP contribution in [0.3, 0.4) is 0 Å². The Morgan fingerprint density at radius 1 is 0.283 bits per heavy atom. The molecule has 8 unspecified atom stereocenters. The first-order valence-corrected chi connectivity index (χ1v) is 20.8. The zero-order chi connectivity index (χ0) is 31.0. The summed E-state index contributed by atoms with van der Waals surface area (Å²) in [6, 6.07) is 0. The Kier molecular flexibility index (Phi) is 10.6. The average Bonchev–Trinajstić information content (AvgIpc) is 3.83. The fraction of sp³-hybridized carbons (Fsp3) is 1.00. The SMILES string of the molecule is C1CCC2C3NC(NC4NC(NC5NC(NC6NC(N3)C3CCCCC63)C3CCCCC53)C3CCCCC43)C2C1.CCCCCC. The van der Waals surface area contributed by atoms with E-state index >= 15 is 0 Å².